The lowest BCUT2D eigenvalue weighted by atomic mass is 10.1. The Kier molecular flexibility index (Phi) is 5.92. The molecular weight excluding hydrogens is 457 g/mol. The van der Waals surface area contributed by atoms with E-state index in [4.69, 9.17) is 9.47 Å². The van der Waals surface area contributed by atoms with Crippen molar-refractivity contribution in [2.45, 2.75) is 12.7 Å². The molecule has 0 atom stereocenters. The standard InChI is InChI=1S/C19H14BrF3N2O4/c1-28-16-7-6-11(8-12(16)20)15(26)10-29-17(27)9-25-14-5-3-2-4-13(14)24-18(25)19(21,22)23/h2-8H,9-10H2,1H3. The third-order valence-corrected chi connectivity index (χ3v) is 4.65. The highest BCUT2D eigenvalue weighted by atomic mass is 79.9. The van der Waals surface area contributed by atoms with Gasteiger partial charge in [-0.1, -0.05) is 12.1 Å². The second kappa shape index (κ2) is 8.24. The Morgan fingerprint density at radius 2 is 1.90 bits per heavy atom. The number of ketones is 1. The molecule has 0 aliphatic carbocycles. The Hall–Kier alpha value is -2.88. The number of benzene rings is 2. The zero-order chi connectivity index (χ0) is 21.2. The van der Waals surface area contributed by atoms with Crippen LogP contribution in [0.1, 0.15) is 16.2 Å². The number of Topliss-reactive ketones (excluding diaryl/α,β-unsaturated/α-hetero) is 1. The van der Waals surface area contributed by atoms with Crippen molar-refractivity contribution in [3.8, 4) is 5.75 Å². The number of nitrogens with zero attached hydrogens (tertiary/aromatic N) is 2. The minimum Gasteiger partial charge on any atom is -0.496 e. The van der Waals surface area contributed by atoms with Crippen molar-refractivity contribution in [1.82, 2.24) is 9.55 Å². The molecule has 2 aromatic carbocycles. The van der Waals surface area contributed by atoms with Crippen LogP contribution in [-0.4, -0.2) is 35.0 Å². The molecule has 29 heavy (non-hydrogen) atoms. The van der Waals surface area contributed by atoms with Gasteiger partial charge < -0.3 is 14.0 Å². The summed E-state index contributed by atoms with van der Waals surface area (Å²) in [5.41, 5.74) is 0.503. The van der Waals surface area contributed by atoms with E-state index in [0.29, 0.717) is 10.2 Å². The Morgan fingerprint density at radius 3 is 2.55 bits per heavy atom. The van der Waals surface area contributed by atoms with Crippen molar-refractivity contribution in [1.29, 1.82) is 0 Å². The number of rotatable bonds is 6. The van der Waals surface area contributed by atoms with Crippen LogP contribution >= 0.6 is 15.9 Å². The molecule has 0 aliphatic heterocycles. The highest BCUT2D eigenvalue weighted by molar-refractivity contribution is 9.10. The molecule has 0 unspecified atom stereocenters. The van der Waals surface area contributed by atoms with E-state index in [2.05, 4.69) is 20.9 Å². The molecule has 0 aliphatic rings. The lowest BCUT2D eigenvalue weighted by molar-refractivity contribution is -0.150. The van der Waals surface area contributed by atoms with Gasteiger partial charge in [0, 0.05) is 5.56 Å². The number of imidazole rings is 1. The summed E-state index contributed by atoms with van der Waals surface area (Å²) in [6.07, 6.45) is -4.75. The average molecular weight is 471 g/mol. The monoisotopic (exact) mass is 470 g/mol. The van der Waals surface area contributed by atoms with Crippen molar-refractivity contribution >= 4 is 38.7 Å². The number of para-hydroxylation sites is 2. The fourth-order valence-electron chi connectivity index (χ4n) is 2.70. The maximum atomic E-state index is 13.3. The van der Waals surface area contributed by atoms with Crippen LogP contribution in [0.2, 0.25) is 0 Å². The number of fused-ring (bicyclic) bond motifs is 1. The maximum Gasteiger partial charge on any atom is 0.449 e. The van der Waals surface area contributed by atoms with Crippen LogP contribution in [0.25, 0.3) is 11.0 Å². The van der Waals surface area contributed by atoms with Crippen LogP contribution in [0.3, 0.4) is 0 Å². The minimum atomic E-state index is -4.75. The number of hydrogen-bond donors (Lipinski definition) is 0. The van der Waals surface area contributed by atoms with E-state index in [9.17, 15) is 22.8 Å². The first-order chi connectivity index (χ1) is 13.7. The summed E-state index contributed by atoms with van der Waals surface area (Å²) in [6, 6.07) is 10.5. The van der Waals surface area contributed by atoms with Crippen LogP contribution in [0.4, 0.5) is 13.2 Å². The van der Waals surface area contributed by atoms with Gasteiger partial charge in [-0.15, -0.1) is 0 Å². The summed E-state index contributed by atoms with van der Waals surface area (Å²) in [5, 5.41) is 0. The van der Waals surface area contributed by atoms with Crippen molar-refractivity contribution in [2.24, 2.45) is 0 Å². The molecule has 0 N–H and O–H groups in total. The van der Waals surface area contributed by atoms with Crippen LogP contribution in [0, 0.1) is 0 Å². The second-order valence-electron chi connectivity index (χ2n) is 5.94. The molecule has 6 nitrogen and oxygen atoms in total. The SMILES string of the molecule is COc1ccc(C(=O)COC(=O)Cn2c(C(F)(F)F)nc3ccccc32)cc1Br. The molecule has 0 radical (unpaired) electrons. The number of methoxy groups -OCH3 is 1. The van der Waals surface area contributed by atoms with E-state index in [-0.39, 0.29) is 16.6 Å². The predicted molar refractivity (Wildman–Crippen MR) is 101 cm³/mol. The zero-order valence-electron chi connectivity index (χ0n) is 15.0. The third-order valence-electron chi connectivity index (χ3n) is 4.03. The molecule has 1 aromatic heterocycles. The lowest BCUT2D eigenvalue weighted by Gasteiger charge is -2.11. The van der Waals surface area contributed by atoms with E-state index in [1.807, 2.05) is 0 Å². The molecule has 3 rings (SSSR count). The third kappa shape index (κ3) is 4.58. The van der Waals surface area contributed by atoms with E-state index < -0.39 is 36.9 Å². The summed E-state index contributed by atoms with van der Waals surface area (Å²) in [7, 11) is 1.47. The van der Waals surface area contributed by atoms with Crippen molar-refractivity contribution in [3.63, 3.8) is 0 Å². The average Bonchev–Trinajstić information content (AvgIpc) is 3.05. The molecule has 10 heteroatoms. The molecule has 0 fully saturated rings. The summed E-state index contributed by atoms with van der Waals surface area (Å²) in [6.45, 7) is -1.33. The van der Waals surface area contributed by atoms with Gasteiger partial charge in [0.15, 0.2) is 12.4 Å². The van der Waals surface area contributed by atoms with Gasteiger partial charge in [-0.05, 0) is 46.3 Å². The molecule has 0 spiro atoms. The van der Waals surface area contributed by atoms with Crippen molar-refractivity contribution in [3.05, 3.63) is 58.3 Å². The molecule has 0 bridgehead atoms. The van der Waals surface area contributed by atoms with Gasteiger partial charge >= 0.3 is 12.1 Å². The predicted octanol–water partition coefficient (Wildman–Crippen LogP) is 4.25. The number of esters is 1. The Balaban J connectivity index is 1.73. The van der Waals surface area contributed by atoms with Crippen LogP contribution in [-0.2, 0) is 22.3 Å². The van der Waals surface area contributed by atoms with E-state index in [0.717, 1.165) is 4.57 Å². The fourth-order valence-corrected chi connectivity index (χ4v) is 3.24. The van der Waals surface area contributed by atoms with E-state index in [1.165, 1.54) is 37.4 Å². The normalized spacial score (nSPS) is 11.5. The summed E-state index contributed by atoms with van der Waals surface area (Å²) in [4.78, 5) is 27.9. The first-order valence-electron chi connectivity index (χ1n) is 8.25. The number of carbonyl (C=O) groups is 2. The second-order valence-corrected chi connectivity index (χ2v) is 6.80. The molecule has 0 saturated carbocycles. The lowest BCUT2D eigenvalue weighted by Crippen LogP contribution is -2.22. The largest absolute Gasteiger partial charge is 0.496 e. The van der Waals surface area contributed by atoms with Gasteiger partial charge in [0.25, 0.3) is 0 Å². The van der Waals surface area contributed by atoms with Crippen molar-refractivity contribution in [2.75, 3.05) is 13.7 Å². The quantitative estimate of drug-likeness (QED) is 0.397. The van der Waals surface area contributed by atoms with Crippen LogP contribution < -0.4 is 4.74 Å². The highest BCUT2D eigenvalue weighted by Gasteiger charge is 2.38. The van der Waals surface area contributed by atoms with Crippen molar-refractivity contribution < 1.29 is 32.2 Å². The van der Waals surface area contributed by atoms with Crippen LogP contribution in [0.5, 0.6) is 5.75 Å². The summed E-state index contributed by atoms with van der Waals surface area (Å²) < 4.78 is 51.0. The van der Waals surface area contributed by atoms with Gasteiger partial charge in [0.05, 0.1) is 22.6 Å². The first kappa shape index (κ1) is 20.8. The molecular formula is C19H14BrF3N2O4. The smallest absolute Gasteiger partial charge is 0.449 e. The zero-order valence-corrected chi connectivity index (χ0v) is 16.6. The molecule has 3 aromatic rings. The maximum absolute atomic E-state index is 13.3. The highest BCUT2D eigenvalue weighted by Crippen LogP contribution is 2.31. The topological polar surface area (TPSA) is 70.4 Å². The molecule has 152 valence electrons. The number of aromatic nitrogens is 2. The van der Waals surface area contributed by atoms with E-state index >= 15 is 0 Å². The number of carbonyl (C=O) groups excluding carboxylic acids is 2. The number of ether oxygens (including phenoxy) is 2. The first-order valence-corrected chi connectivity index (χ1v) is 9.05. The van der Waals surface area contributed by atoms with Gasteiger partial charge in [-0.25, -0.2) is 4.98 Å². The van der Waals surface area contributed by atoms with E-state index in [1.54, 1.807) is 12.1 Å². The molecule has 0 saturated heterocycles. The van der Waals surface area contributed by atoms with Gasteiger partial charge in [-0.3, -0.25) is 9.59 Å². The molecule has 1 heterocycles. The number of halogens is 4. The molecule has 0 amide bonds. The number of hydrogen-bond acceptors (Lipinski definition) is 5. The fraction of sp³-hybridized carbons (Fsp3) is 0.211. The summed E-state index contributed by atoms with van der Waals surface area (Å²) in [5.74, 6) is -2.18. The Bertz CT molecular complexity index is 1080. The van der Waals surface area contributed by atoms with Crippen LogP contribution in [0.15, 0.2) is 46.9 Å². The number of alkyl halides is 3. The summed E-state index contributed by atoms with van der Waals surface area (Å²) >= 11 is 3.24. The van der Waals surface area contributed by atoms with Gasteiger partial charge in [0.1, 0.15) is 12.3 Å². The van der Waals surface area contributed by atoms with Gasteiger partial charge in [-0.2, -0.15) is 13.2 Å². The Labute approximate surface area is 171 Å². The van der Waals surface area contributed by atoms with Gasteiger partial charge in [0.2, 0.25) is 5.82 Å². The Morgan fingerprint density at radius 1 is 1.17 bits per heavy atom. The minimum absolute atomic E-state index is 0.104.